The quantitative estimate of drug-likeness (QED) is 0.363. The second kappa shape index (κ2) is 10.5. The molecule has 38 heavy (non-hydrogen) atoms. The summed E-state index contributed by atoms with van der Waals surface area (Å²) in [7, 11) is -0.599. The van der Waals surface area contributed by atoms with E-state index in [1.54, 1.807) is 67.7 Å². The molecule has 0 spiro atoms. The number of carbonyl (C=O) groups is 1. The lowest BCUT2D eigenvalue weighted by molar-refractivity contribution is 0.0748. The topological polar surface area (TPSA) is 101 Å². The molecule has 1 amide bonds. The second-order valence-corrected chi connectivity index (χ2v) is 11.5. The molecule has 0 unspecified atom stereocenters. The molecule has 0 radical (unpaired) electrons. The number of sulfonamides is 1. The summed E-state index contributed by atoms with van der Waals surface area (Å²) in [6, 6.07) is 17.0. The molecule has 0 saturated carbocycles. The zero-order valence-corrected chi connectivity index (χ0v) is 22.9. The molecule has 1 aromatic heterocycles. The van der Waals surface area contributed by atoms with Gasteiger partial charge in [-0.1, -0.05) is 41.2 Å². The minimum atomic E-state index is -3.84. The number of fused-ring (bicyclic) bond motifs is 1. The van der Waals surface area contributed by atoms with Crippen molar-refractivity contribution in [3.63, 3.8) is 0 Å². The molecule has 198 valence electrons. The highest BCUT2D eigenvalue weighted by atomic mass is 32.2. The van der Waals surface area contributed by atoms with Crippen molar-refractivity contribution in [2.75, 3.05) is 50.0 Å². The van der Waals surface area contributed by atoms with Crippen molar-refractivity contribution >= 4 is 48.3 Å². The van der Waals surface area contributed by atoms with Crippen LogP contribution in [0.3, 0.4) is 0 Å². The Morgan fingerprint density at radius 3 is 2.26 bits per heavy atom. The molecule has 1 aliphatic heterocycles. The fourth-order valence-electron chi connectivity index (χ4n) is 4.36. The van der Waals surface area contributed by atoms with Crippen molar-refractivity contribution in [2.45, 2.75) is 11.8 Å². The van der Waals surface area contributed by atoms with Gasteiger partial charge in [0.05, 0.1) is 30.4 Å². The van der Waals surface area contributed by atoms with Crippen molar-refractivity contribution in [1.29, 1.82) is 0 Å². The number of methoxy groups -OCH3 is 2. The van der Waals surface area contributed by atoms with E-state index in [1.165, 1.54) is 11.3 Å². The molecule has 0 aliphatic carbocycles. The zero-order chi connectivity index (χ0) is 26.9. The molecule has 11 heteroatoms. The van der Waals surface area contributed by atoms with Crippen molar-refractivity contribution in [1.82, 2.24) is 9.88 Å². The number of benzene rings is 3. The number of amides is 1. The van der Waals surface area contributed by atoms with Crippen molar-refractivity contribution in [3.05, 3.63) is 71.8 Å². The average molecular weight is 553 g/mol. The van der Waals surface area contributed by atoms with Gasteiger partial charge in [-0.15, -0.1) is 0 Å². The molecule has 9 nitrogen and oxygen atoms in total. The van der Waals surface area contributed by atoms with Crippen LogP contribution in [-0.2, 0) is 10.0 Å². The Bertz CT molecular complexity index is 1540. The number of carbonyl (C=O) groups excluding carboxylic acids is 1. The van der Waals surface area contributed by atoms with Crippen LogP contribution < -0.4 is 19.1 Å². The fraction of sp³-hybridized carbons (Fsp3) is 0.259. The van der Waals surface area contributed by atoms with Crippen LogP contribution in [0, 0.1) is 6.92 Å². The summed E-state index contributed by atoms with van der Waals surface area (Å²) in [5.41, 5.74) is 2.28. The molecule has 2 heterocycles. The van der Waals surface area contributed by atoms with E-state index in [2.05, 4.69) is 9.62 Å². The highest BCUT2D eigenvalue weighted by molar-refractivity contribution is 7.92. The van der Waals surface area contributed by atoms with Gasteiger partial charge in [-0.05, 0) is 43.3 Å². The Kier molecular flexibility index (Phi) is 7.13. The van der Waals surface area contributed by atoms with Gasteiger partial charge in [-0.3, -0.25) is 9.52 Å². The number of aromatic nitrogens is 1. The highest BCUT2D eigenvalue weighted by Gasteiger charge is 2.27. The number of nitrogens with zero attached hydrogens (tertiary/aromatic N) is 3. The molecule has 0 bridgehead atoms. The van der Waals surface area contributed by atoms with Gasteiger partial charge in [0.25, 0.3) is 15.9 Å². The lowest BCUT2D eigenvalue weighted by Gasteiger charge is -2.34. The smallest absolute Gasteiger partial charge is 0.261 e. The molecular weight excluding hydrogens is 524 g/mol. The third-order valence-corrected chi connectivity index (χ3v) is 8.98. The summed E-state index contributed by atoms with van der Waals surface area (Å²) in [6.07, 6.45) is 0. The van der Waals surface area contributed by atoms with Gasteiger partial charge in [0, 0.05) is 26.2 Å². The van der Waals surface area contributed by atoms with E-state index in [0.29, 0.717) is 37.5 Å². The summed E-state index contributed by atoms with van der Waals surface area (Å²) >= 11 is 1.53. The van der Waals surface area contributed by atoms with E-state index in [0.717, 1.165) is 26.7 Å². The average Bonchev–Trinajstić information content (AvgIpc) is 3.38. The lowest BCUT2D eigenvalue weighted by Crippen LogP contribution is -2.48. The number of para-hydroxylation sites is 1. The Labute approximate surface area is 225 Å². The molecular formula is C27H28N4O5S2. The van der Waals surface area contributed by atoms with Crippen LogP contribution in [0.15, 0.2) is 65.6 Å². The van der Waals surface area contributed by atoms with Crippen LogP contribution in [0.5, 0.6) is 11.5 Å². The van der Waals surface area contributed by atoms with Crippen LogP contribution in [0.4, 0.5) is 10.8 Å². The maximum atomic E-state index is 13.5. The van der Waals surface area contributed by atoms with E-state index in [-0.39, 0.29) is 16.5 Å². The number of thiazole rings is 1. The van der Waals surface area contributed by atoms with Gasteiger partial charge >= 0.3 is 0 Å². The molecule has 1 aliphatic rings. The maximum absolute atomic E-state index is 13.5. The summed E-state index contributed by atoms with van der Waals surface area (Å²) in [5.74, 6) is 1.20. The van der Waals surface area contributed by atoms with E-state index in [9.17, 15) is 13.2 Å². The van der Waals surface area contributed by atoms with Crippen LogP contribution in [0.2, 0.25) is 0 Å². The number of ether oxygens (including phenoxy) is 2. The summed E-state index contributed by atoms with van der Waals surface area (Å²) < 4.78 is 40.4. The number of anilines is 2. The predicted molar refractivity (Wildman–Crippen MR) is 149 cm³/mol. The highest BCUT2D eigenvalue weighted by Crippen LogP contribution is 2.40. The number of aryl methyl sites for hydroxylation is 1. The molecule has 0 atom stereocenters. The summed E-state index contributed by atoms with van der Waals surface area (Å²) in [4.78, 5) is 22.3. The first-order valence-electron chi connectivity index (χ1n) is 12.0. The third-order valence-electron chi connectivity index (χ3n) is 6.47. The fourth-order valence-corrected chi connectivity index (χ4v) is 6.57. The normalized spacial score (nSPS) is 14.0. The van der Waals surface area contributed by atoms with Crippen molar-refractivity contribution < 1.29 is 22.7 Å². The van der Waals surface area contributed by atoms with Gasteiger partial charge < -0.3 is 19.3 Å². The first-order valence-corrected chi connectivity index (χ1v) is 14.3. The van der Waals surface area contributed by atoms with E-state index >= 15 is 0 Å². The van der Waals surface area contributed by atoms with Gasteiger partial charge in [0.2, 0.25) is 0 Å². The Morgan fingerprint density at radius 1 is 0.921 bits per heavy atom. The zero-order valence-electron chi connectivity index (χ0n) is 21.3. The maximum Gasteiger partial charge on any atom is 0.261 e. The standard InChI is InChI=1S/C27H28N4O5S2/c1-18-8-10-19(11-9-18)38(33,34)29-21-7-5-4-6-20(21)26(32)30-14-16-31(17-15-30)27-28-24-22(35-2)12-13-23(36-3)25(24)37-27/h4-13,29H,14-17H2,1-3H3. The lowest BCUT2D eigenvalue weighted by atomic mass is 10.1. The largest absolute Gasteiger partial charge is 0.495 e. The number of nitrogens with one attached hydrogen (secondary N) is 1. The first kappa shape index (κ1) is 25.8. The second-order valence-electron chi connectivity index (χ2n) is 8.89. The number of hydrogen-bond acceptors (Lipinski definition) is 8. The van der Waals surface area contributed by atoms with Crippen LogP contribution in [-0.4, -0.2) is 64.6 Å². The SMILES string of the molecule is COc1ccc(OC)c2sc(N3CCN(C(=O)c4ccccc4NS(=O)(=O)c4ccc(C)cc4)CC3)nc12. The van der Waals surface area contributed by atoms with Crippen molar-refractivity contribution in [3.8, 4) is 11.5 Å². The summed E-state index contributed by atoms with van der Waals surface area (Å²) in [6.45, 7) is 4.02. The van der Waals surface area contributed by atoms with Gasteiger partial charge in [-0.25, -0.2) is 13.4 Å². The predicted octanol–water partition coefficient (Wildman–Crippen LogP) is 4.39. The van der Waals surface area contributed by atoms with Gasteiger partial charge in [0.1, 0.15) is 21.7 Å². The van der Waals surface area contributed by atoms with Crippen LogP contribution >= 0.6 is 11.3 Å². The molecule has 1 saturated heterocycles. The van der Waals surface area contributed by atoms with Crippen molar-refractivity contribution in [2.24, 2.45) is 0 Å². The molecule has 5 rings (SSSR count). The monoisotopic (exact) mass is 552 g/mol. The minimum absolute atomic E-state index is 0.142. The van der Waals surface area contributed by atoms with E-state index in [1.807, 2.05) is 19.1 Å². The van der Waals surface area contributed by atoms with Gasteiger partial charge in [0.15, 0.2) is 5.13 Å². The minimum Gasteiger partial charge on any atom is -0.495 e. The van der Waals surface area contributed by atoms with Crippen LogP contribution in [0.1, 0.15) is 15.9 Å². The molecule has 4 aromatic rings. The third kappa shape index (κ3) is 4.99. The van der Waals surface area contributed by atoms with E-state index < -0.39 is 10.0 Å². The molecule has 1 fully saturated rings. The Morgan fingerprint density at radius 2 is 1.58 bits per heavy atom. The number of rotatable bonds is 7. The Hall–Kier alpha value is -3.83. The van der Waals surface area contributed by atoms with E-state index in [4.69, 9.17) is 14.5 Å². The summed E-state index contributed by atoms with van der Waals surface area (Å²) in [5, 5.41) is 0.834. The first-order chi connectivity index (χ1) is 18.3. The Balaban J connectivity index is 1.32. The molecule has 3 aromatic carbocycles. The van der Waals surface area contributed by atoms with Gasteiger partial charge in [-0.2, -0.15) is 0 Å². The van der Waals surface area contributed by atoms with Crippen LogP contribution in [0.25, 0.3) is 10.2 Å². The number of piperazine rings is 1. The number of hydrogen-bond donors (Lipinski definition) is 1. The molecule has 1 N–H and O–H groups in total.